The van der Waals surface area contributed by atoms with Crippen LogP contribution < -0.4 is 0 Å². The van der Waals surface area contributed by atoms with Crippen molar-refractivity contribution in [2.75, 3.05) is 0 Å². The molecule has 1 aromatic heterocycles. The number of hydrogen-bond donors (Lipinski definition) is 0. The molecule has 0 amide bonds. The van der Waals surface area contributed by atoms with Gasteiger partial charge in [0, 0.05) is 5.69 Å². The summed E-state index contributed by atoms with van der Waals surface area (Å²) >= 11 is 0. The molecule has 0 N–H and O–H groups in total. The first-order valence-electron chi connectivity index (χ1n) is 5.60. The van der Waals surface area contributed by atoms with Crippen LogP contribution in [0.3, 0.4) is 0 Å². The Balaban J connectivity index is 2.73. The summed E-state index contributed by atoms with van der Waals surface area (Å²) in [5.41, 5.74) is 4.27. The highest BCUT2D eigenvalue weighted by Crippen LogP contribution is 2.11. The van der Waals surface area contributed by atoms with Gasteiger partial charge in [-0.2, -0.15) is 0 Å². The van der Waals surface area contributed by atoms with Crippen LogP contribution >= 0.6 is 0 Å². The quantitative estimate of drug-likeness (QED) is 0.679. The molecule has 0 unspecified atom stereocenters. The van der Waals surface area contributed by atoms with Crippen molar-refractivity contribution in [2.24, 2.45) is 0 Å². The summed E-state index contributed by atoms with van der Waals surface area (Å²) in [6, 6.07) is 5.97. The Morgan fingerprint density at radius 2 is 2.19 bits per heavy atom. The van der Waals surface area contributed by atoms with E-state index in [9.17, 15) is 0 Å². The first-order valence-corrected chi connectivity index (χ1v) is 5.60. The van der Waals surface area contributed by atoms with Crippen molar-refractivity contribution in [1.82, 2.24) is 4.98 Å². The highest BCUT2D eigenvalue weighted by atomic mass is 14.7. The van der Waals surface area contributed by atoms with Gasteiger partial charge in [-0.1, -0.05) is 43.4 Å². The van der Waals surface area contributed by atoms with Crippen molar-refractivity contribution in [3.05, 3.63) is 60.0 Å². The van der Waals surface area contributed by atoms with Crippen molar-refractivity contribution >= 4 is 5.57 Å². The fourth-order valence-corrected chi connectivity index (χ4v) is 1.25. The standard InChI is InChI=1S/C15H19N/c1-5-12(2)8-6-9-13(3)15-11-7-10-14(4)16-15/h6-11H,3,5H2,1-2,4H3/b9-6-,12-8-. The number of hydrogen-bond acceptors (Lipinski definition) is 1. The predicted octanol–water partition coefficient (Wildman–Crippen LogP) is 4.32. The average molecular weight is 213 g/mol. The fraction of sp³-hybridized carbons (Fsp3) is 0.267. The van der Waals surface area contributed by atoms with Gasteiger partial charge in [-0.05, 0) is 38.0 Å². The molecule has 0 atom stereocenters. The SMILES string of the molecule is C=C(/C=C\C=C(\C)CC)c1cccc(C)n1. The van der Waals surface area contributed by atoms with Gasteiger partial charge in [0.15, 0.2) is 0 Å². The van der Waals surface area contributed by atoms with Gasteiger partial charge in [0.1, 0.15) is 0 Å². The molecular formula is C15H19N. The molecule has 0 aliphatic carbocycles. The molecular weight excluding hydrogens is 194 g/mol. The number of rotatable bonds is 4. The number of aryl methyl sites for hydroxylation is 1. The molecule has 0 aromatic carbocycles. The van der Waals surface area contributed by atoms with Crippen molar-refractivity contribution in [3.63, 3.8) is 0 Å². The Bertz CT molecular complexity index is 425. The van der Waals surface area contributed by atoms with Gasteiger partial charge < -0.3 is 0 Å². The Morgan fingerprint density at radius 3 is 2.81 bits per heavy atom. The molecule has 0 saturated carbocycles. The monoisotopic (exact) mass is 213 g/mol. The molecule has 0 aliphatic heterocycles. The molecule has 84 valence electrons. The lowest BCUT2D eigenvalue weighted by Crippen LogP contribution is -1.87. The molecule has 1 nitrogen and oxygen atoms in total. The van der Waals surface area contributed by atoms with E-state index in [1.54, 1.807) is 0 Å². The van der Waals surface area contributed by atoms with Gasteiger partial charge in [0.25, 0.3) is 0 Å². The maximum absolute atomic E-state index is 4.42. The first-order chi connectivity index (χ1) is 7.63. The normalized spacial score (nSPS) is 12.1. The van der Waals surface area contributed by atoms with Crippen molar-refractivity contribution in [1.29, 1.82) is 0 Å². The topological polar surface area (TPSA) is 12.9 Å². The first kappa shape index (κ1) is 12.4. The molecule has 0 aliphatic rings. The highest BCUT2D eigenvalue weighted by molar-refractivity contribution is 5.69. The van der Waals surface area contributed by atoms with E-state index in [2.05, 4.69) is 31.5 Å². The lowest BCUT2D eigenvalue weighted by Gasteiger charge is -2.00. The fourth-order valence-electron chi connectivity index (χ4n) is 1.25. The number of pyridine rings is 1. The van der Waals surface area contributed by atoms with Crippen LogP contribution in [0.1, 0.15) is 31.7 Å². The summed E-state index contributed by atoms with van der Waals surface area (Å²) in [6.45, 7) is 10.3. The zero-order valence-corrected chi connectivity index (χ0v) is 10.3. The van der Waals surface area contributed by atoms with Gasteiger partial charge in [-0.15, -0.1) is 0 Å². The van der Waals surface area contributed by atoms with E-state index < -0.39 is 0 Å². The summed E-state index contributed by atoms with van der Waals surface area (Å²) in [7, 11) is 0. The Morgan fingerprint density at radius 1 is 1.44 bits per heavy atom. The van der Waals surface area contributed by atoms with E-state index in [1.165, 1.54) is 5.57 Å². The third-order valence-electron chi connectivity index (χ3n) is 2.45. The van der Waals surface area contributed by atoms with E-state index in [0.29, 0.717) is 0 Å². The second-order valence-corrected chi connectivity index (χ2v) is 3.92. The maximum atomic E-state index is 4.42. The molecule has 16 heavy (non-hydrogen) atoms. The zero-order valence-electron chi connectivity index (χ0n) is 10.3. The summed E-state index contributed by atoms with van der Waals surface area (Å²) in [5, 5.41) is 0. The van der Waals surface area contributed by atoms with Crippen molar-refractivity contribution in [2.45, 2.75) is 27.2 Å². The summed E-state index contributed by atoms with van der Waals surface area (Å²) in [6.07, 6.45) is 7.23. The predicted molar refractivity (Wildman–Crippen MR) is 71.2 cm³/mol. The Hall–Kier alpha value is -1.63. The van der Waals surface area contributed by atoms with Crippen LogP contribution in [-0.2, 0) is 0 Å². The smallest absolute Gasteiger partial charge is 0.0699 e. The third kappa shape index (κ3) is 3.85. The Labute approximate surface area is 98.2 Å². The molecule has 0 spiro atoms. The maximum Gasteiger partial charge on any atom is 0.0699 e. The Kier molecular flexibility index (Phi) is 4.71. The number of allylic oxidation sites excluding steroid dienone is 5. The van der Waals surface area contributed by atoms with Crippen molar-refractivity contribution in [3.8, 4) is 0 Å². The van der Waals surface area contributed by atoms with Crippen LogP contribution in [0.2, 0.25) is 0 Å². The van der Waals surface area contributed by atoms with Gasteiger partial charge in [-0.3, -0.25) is 4.98 Å². The summed E-state index contributed by atoms with van der Waals surface area (Å²) < 4.78 is 0. The van der Waals surface area contributed by atoms with Gasteiger partial charge >= 0.3 is 0 Å². The van der Waals surface area contributed by atoms with Crippen molar-refractivity contribution < 1.29 is 0 Å². The largest absolute Gasteiger partial charge is 0.253 e. The summed E-state index contributed by atoms with van der Waals surface area (Å²) in [5.74, 6) is 0. The van der Waals surface area contributed by atoms with E-state index in [-0.39, 0.29) is 0 Å². The molecule has 1 heterocycles. The molecule has 1 rings (SSSR count). The zero-order chi connectivity index (χ0) is 12.0. The summed E-state index contributed by atoms with van der Waals surface area (Å²) in [4.78, 5) is 4.42. The molecule has 0 radical (unpaired) electrons. The molecule has 1 heteroatoms. The van der Waals surface area contributed by atoms with E-state index in [4.69, 9.17) is 0 Å². The second-order valence-electron chi connectivity index (χ2n) is 3.92. The molecule has 0 saturated heterocycles. The number of aromatic nitrogens is 1. The van der Waals surface area contributed by atoms with Crippen LogP contribution in [0.15, 0.2) is 48.6 Å². The van der Waals surface area contributed by atoms with E-state index >= 15 is 0 Å². The molecule has 1 aromatic rings. The van der Waals surface area contributed by atoms with Crippen LogP contribution in [0.5, 0.6) is 0 Å². The highest BCUT2D eigenvalue weighted by Gasteiger charge is 1.95. The van der Waals surface area contributed by atoms with Crippen LogP contribution in [0.25, 0.3) is 5.57 Å². The van der Waals surface area contributed by atoms with Crippen LogP contribution in [0.4, 0.5) is 0 Å². The minimum Gasteiger partial charge on any atom is -0.253 e. The second kappa shape index (κ2) is 6.06. The third-order valence-corrected chi connectivity index (χ3v) is 2.45. The molecule has 0 bridgehead atoms. The van der Waals surface area contributed by atoms with Gasteiger partial charge in [0.05, 0.1) is 5.69 Å². The average Bonchev–Trinajstić information content (AvgIpc) is 2.28. The minimum absolute atomic E-state index is 0.943. The lowest BCUT2D eigenvalue weighted by molar-refractivity contribution is 1.10. The minimum atomic E-state index is 0.943. The van der Waals surface area contributed by atoms with Gasteiger partial charge in [0.2, 0.25) is 0 Å². The molecule has 0 fully saturated rings. The van der Waals surface area contributed by atoms with Crippen LogP contribution in [0, 0.1) is 6.92 Å². The van der Waals surface area contributed by atoms with Crippen LogP contribution in [-0.4, -0.2) is 4.98 Å². The van der Waals surface area contributed by atoms with E-state index in [1.807, 2.05) is 37.3 Å². The lowest BCUT2D eigenvalue weighted by atomic mass is 10.1. The van der Waals surface area contributed by atoms with E-state index in [0.717, 1.165) is 23.4 Å². The number of nitrogens with zero attached hydrogens (tertiary/aromatic N) is 1. The van der Waals surface area contributed by atoms with Gasteiger partial charge in [-0.25, -0.2) is 0 Å².